The molecule has 0 spiro atoms. The molecule has 30 heavy (non-hydrogen) atoms. The van der Waals surface area contributed by atoms with Crippen LogP contribution in [0.1, 0.15) is 25.5 Å². The van der Waals surface area contributed by atoms with Crippen LogP contribution in [0.2, 0.25) is 0 Å². The van der Waals surface area contributed by atoms with Crippen molar-refractivity contribution in [1.82, 2.24) is 9.47 Å². The van der Waals surface area contributed by atoms with E-state index >= 15 is 0 Å². The van der Waals surface area contributed by atoms with Gasteiger partial charge in [0, 0.05) is 6.54 Å². The number of para-hydroxylation sites is 2. The maximum atomic E-state index is 11.0. The summed E-state index contributed by atoms with van der Waals surface area (Å²) in [6, 6.07) is 13.6. The normalized spacial score (nSPS) is 12.5. The first kappa shape index (κ1) is 21.9. The van der Waals surface area contributed by atoms with Crippen LogP contribution in [0.25, 0.3) is 11.0 Å². The zero-order chi connectivity index (χ0) is 21.7. The molecule has 2 aromatic carbocycles. The number of nitrogens with two attached hydrogens (primary N) is 1. The smallest absolute Gasteiger partial charge is 0.356 e. The number of aromatic nitrogens is 2. The van der Waals surface area contributed by atoms with E-state index in [1.807, 2.05) is 28.8 Å². The van der Waals surface area contributed by atoms with Crippen LogP contribution < -0.4 is 19.8 Å². The van der Waals surface area contributed by atoms with E-state index in [9.17, 15) is 5.11 Å². The Kier molecular flexibility index (Phi) is 7.18. The van der Waals surface area contributed by atoms with Gasteiger partial charge in [-0.25, -0.2) is 9.13 Å². The van der Waals surface area contributed by atoms with E-state index in [1.54, 1.807) is 26.4 Å². The Morgan fingerprint density at radius 2 is 1.77 bits per heavy atom. The van der Waals surface area contributed by atoms with Crippen LogP contribution in [0, 0.1) is 0 Å². The summed E-state index contributed by atoms with van der Waals surface area (Å²) in [5.41, 5.74) is 9.39. The number of imidazole rings is 1. The van der Waals surface area contributed by atoms with Crippen LogP contribution in [0.3, 0.4) is 0 Å². The Morgan fingerprint density at radius 3 is 2.43 bits per heavy atom. The van der Waals surface area contributed by atoms with Gasteiger partial charge < -0.3 is 19.5 Å². The first-order chi connectivity index (χ1) is 14.5. The van der Waals surface area contributed by atoms with Crippen molar-refractivity contribution in [3.63, 3.8) is 0 Å². The molecule has 0 radical (unpaired) electrons. The molecule has 3 aromatic rings. The van der Waals surface area contributed by atoms with Crippen molar-refractivity contribution < 1.29 is 19.1 Å². The van der Waals surface area contributed by atoms with Crippen LogP contribution in [0.4, 0.5) is 5.95 Å². The molecule has 1 heterocycles. The fourth-order valence-electron chi connectivity index (χ4n) is 3.86. The SMILES string of the molecule is CCN(CC)CCn1c(N)[n+](C[C@H](O)c2ccc(OC)c(OC)c2)c2ccccc21. The molecule has 1 atom stereocenters. The number of hydrogen-bond acceptors (Lipinski definition) is 5. The molecule has 0 bridgehead atoms. The van der Waals surface area contributed by atoms with Crippen molar-refractivity contribution in [3.8, 4) is 11.5 Å². The van der Waals surface area contributed by atoms with Crippen molar-refractivity contribution in [2.24, 2.45) is 0 Å². The third-order valence-electron chi connectivity index (χ3n) is 5.70. The fraction of sp³-hybridized carbons (Fsp3) is 0.435. The highest BCUT2D eigenvalue weighted by atomic mass is 16.5. The second-order valence-electron chi connectivity index (χ2n) is 7.27. The molecular weight excluding hydrogens is 380 g/mol. The largest absolute Gasteiger partial charge is 0.493 e. The van der Waals surface area contributed by atoms with E-state index in [0.29, 0.717) is 24.0 Å². The highest BCUT2D eigenvalue weighted by Crippen LogP contribution is 2.30. The summed E-state index contributed by atoms with van der Waals surface area (Å²) in [7, 11) is 3.18. The van der Waals surface area contributed by atoms with Gasteiger partial charge in [-0.15, -0.1) is 0 Å². The molecule has 3 N–H and O–H groups in total. The molecule has 162 valence electrons. The number of rotatable bonds is 10. The van der Waals surface area contributed by atoms with Gasteiger partial charge in [0.1, 0.15) is 23.7 Å². The number of aliphatic hydroxyl groups is 1. The summed E-state index contributed by atoms with van der Waals surface area (Å²) in [4.78, 5) is 2.37. The zero-order valence-corrected chi connectivity index (χ0v) is 18.3. The van der Waals surface area contributed by atoms with Gasteiger partial charge in [-0.1, -0.05) is 32.0 Å². The Balaban J connectivity index is 1.91. The first-order valence-corrected chi connectivity index (χ1v) is 10.4. The quantitative estimate of drug-likeness (QED) is 0.500. The van der Waals surface area contributed by atoms with Crippen LogP contribution in [0.15, 0.2) is 42.5 Å². The number of fused-ring (bicyclic) bond motifs is 1. The Labute approximate surface area is 178 Å². The van der Waals surface area contributed by atoms with Gasteiger partial charge in [-0.05, 0) is 42.9 Å². The predicted molar refractivity (Wildman–Crippen MR) is 119 cm³/mol. The highest BCUT2D eigenvalue weighted by molar-refractivity contribution is 5.73. The summed E-state index contributed by atoms with van der Waals surface area (Å²) in [5.74, 6) is 1.87. The van der Waals surface area contributed by atoms with Crippen molar-refractivity contribution in [1.29, 1.82) is 0 Å². The number of aliphatic hydroxyl groups excluding tert-OH is 1. The minimum atomic E-state index is -0.737. The van der Waals surface area contributed by atoms with E-state index in [4.69, 9.17) is 15.2 Å². The highest BCUT2D eigenvalue weighted by Gasteiger charge is 2.24. The lowest BCUT2D eigenvalue weighted by Gasteiger charge is -2.17. The molecule has 3 rings (SSSR count). The zero-order valence-electron chi connectivity index (χ0n) is 18.3. The molecule has 0 aliphatic heterocycles. The van der Waals surface area contributed by atoms with E-state index in [-0.39, 0.29) is 0 Å². The van der Waals surface area contributed by atoms with E-state index in [2.05, 4.69) is 29.4 Å². The van der Waals surface area contributed by atoms with Gasteiger partial charge in [0.05, 0.1) is 20.8 Å². The minimum Gasteiger partial charge on any atom is -0.493 e. The third-order valence-corrected chi connectivity index (χ3v) is 5.70. The Bertz CT molecular complexity index is 982. The molecule has 0 fully saturated rings. The number of nitrogens with zero attached hydrogens (tertiary/aromatic N) is 3. The van der Waals surface area contributed by atoms with E-state index in [0.717, 1.165) is 42.8 Å². The summed E-state index contributed by atoms with van der Waals surface area (Å²) in [6.45, 7) is 8.42. The molecule has 7 nitrogen and oxygen atoms in total. The maximum absolute atomic E-state index is 11.0. The van der Waals surface area contributed by atoms with Crippen LogP contribution in [-0.2, 0) is 13.1 Å². The Morgan fingerprint density at radius 1 is 1.07 bits per heavy atom. The molecule has 1 aromatic heterocycles. The van der Waals surface area contributed by atoms with Gasteiger partial charge >= 0.3 is 5.95 Å². The van der Waals surface area contributed by atoms with Gasteiger partial charge in [0.15, 0.2) is 11.5 Å². The van der Waals surface area contributed by atoms with Gasteiger partial charge in [0.2, 0.25) is 0 Å². The lowest BCUT2D eigenvalue weighted by molar-refractivity contribution is -0.666. The number of methoxy groups -OCH3 is 2. The average molecular weight is 414 g/mol. The summed E-state index contributed by atoms with van der Waals surface area (Å²) in [5, 5.41) is 11.0. The molecule has 0 saturated carbocycles. The standard InChI is InChI=1S/C23H32N4O3/c1-5-25(6-2)13-14-26-18-9-7-8-10-19(18)27(23(26)24)16-20(28)17-11-12-21(29-3)22(15-17)30-4/h7-12,15,20,24,28H,5-6,13-14,16H2,1-4H3/p+1/t20-/m0/s1. The predicted octanol–water partition coefficient (Wildman–Crippen LogP) is 2.60. The number of anilines is 1. The van der Waals surface area contributed by atoms with Crippen LogP contribution in [0.5, 0.6) is 11.5 Å². The van der Waals surface area contributed by atoms with Crippen LogP contribution in [-0.4, -0.2) is 48.4 Å². The van der Waals surface area contributed by atoms with Crippen molar-refractivity contribution in [3.05, 3.63) is 48.0 Å². The van der Waals surface area contributed by atoms with E-state index < -0.39 is 6.10 Å². The summed E-state index contributed by atoms with van der Waals surface area (Å²) >= 11 is 0. The molecular formula is C23H33N4O3+. The molecule has 0 aliphatic carbocycles. The molecule has 7 heteroatoms. The third kappa shape index (κ3) is 4.37. The Hall–Kier alpha value is -2.77. The maximum Gasteiger partial charge on any atom is 0.356 e. The molecule has 0 unspecified atom stereocenters. The number of hydrogen-bond donors (Lipinski definition) is 2. The molecule has 0 amide bonds. The first-order valence-electron chi connectivity index (χ1n) is 10.4. The topological polar surface area (TPSA) is 76.8 Å². The van der Waals surface area contributed by atoms with E-state index in [1.165, 1.54) is 0 Å². The lowest BCUT2D eigenvalue weighted by atomic mass is 10.1. The van der Waals surface area contributed by atoms with Gasteiger partial charge in [0.25, 0.3) is 0 Å². The number of likely N-dealkylation sites (N-methyl/N-ethyl adjacent to an activating group) is 1. The second kappa shape index (κ2) is 9.82. The summed E-state index contributed by atoms with van der Waals surface area (Å²) in [6.07, 6.45) is -0.737. The van der Waals surface area contributed by atoms with Crippen molar-refractivity contribution in [2.75, 3.05) is 39.6 Å². The van der Waals surface area contributed by atoms with Gasteiger partial charge in [-0.2, -0.15) is 0 Å². The average Bonchev–Trinajstić information content (AvgIpc) is 3.05. The summed E-state index contributed by atoms with van der Waals surface area (Å²) < 4.78 is 14.8. The number of benzene rings is 2. The molecule has 0 saturated heterocycles. The monoisotopic (exact) mass is 413 g/mol. The minimum absolute atomic E-state index is 0.347. The fourth-order valence-corrected chi connectivity index (χ4v) is 3.86. The number of ether oxygens (including phenoxy) is 2. The van der Waals surface area contributed by atoms with Crippen molar-refractivity contribution >= 4 is 17.0 Å². The van der Waals surface area contributed by atoms with Crippen molar-refractivity contribution in [2.45, 2.75) is 33.0 Å². The lowest BCUT2D eigenvalue weighted by Crippen LogP contribution is -2.39. The molecule has 0 aliphatic rings. The van der Waals surface area contributed by atoms with Gasteiger partial charge in [-0.3, -0.25) is 5.73 Å². The van der Waals surface area contributed by atoms with Crippen LogP contribution >= 0.6 is 0 Å². The second-order valence-corrected chi connectivity index (χ2v) is 7.27. The number of nitrogen functional groups attached to an aromatic ring is 1.